The van der Waals surface area contributed by atoms with Gasteiger partial charge in [0.15, 0.2) is 5.78 Å². The molecule has 6 rings (SSSR count). The first-order chi connectivity index (χ1) is 17.7. The van der Waals surface area contributed by atoms with Gasteiger partial charge in [0.25, 0.3) is 0 Å². The summed E-state index contributed by atoms with van der Waals surface area (Å²) >= 11 is 0. The number of hydrogen-bond acceptors (Lipinski definition) is 7. The van der Waals surface area contributed by atoms with E-state index in [0.29, 0.717) is 26.1 Å². The minimum Gasteiger partial charge on any atom is -0.492 e. The molecule has 1 unspecified atom stereocenters. The van der Waals surface area contributed by atoms with E-state index in [1.807, 2.05) is 41.5 Å². The Morgan fingerprint density at radius 3 is 2.78 bits per heavy atom. The summed E-state index contributed by atoms with van der Waals surface area (Å²) in [6.45, 7) is 5.61. The smallest absolute Gasteiger partial charge is 0.178 e. The number of rotatable bonds is 6. The molecule has 1 aromatic carbocycles. The van der Waals surface area contributed by atoms with E-state index < -0.39 is 23.2 Å². The molecule has 4 aliphatic carbocycles. The predicted octanol–water partition coefficient (Wildman–Crippen LogP) is 2.91. The maximum atomic E-state index is 12.1. The summed E-state index contributed by atoms with van der Waals surface area (Å²) in [5, 5.41) is 35.1. The number of hydroxylamine groups is 2. The normalized spacial score (nSPS) is 43.4. The highest BCUT2D eigenvalue weighted by atomic mass is 16.7. The Morgan fingerprint density at radius 1 is 1.24 bits per heavy atom. The summed E-state index contributed by atoms with van der Waals surface area (Å²) in [6.07, 6.45) is 6.94. The summed E-state index contributed by atoms with van der Waals surface area (Å²) in [5.74, 6) is 1.40. The highest BCUT2D eigenvalue weighted by molar-refractivity contribution is 6.01. The van der Waals surface area contributed by atoms with Crippen LogP contribution >= 0.6 is 0 Å². The number of carbonyl (C=O) groups is 1. The van der Waals surface area contributed by atoms with Crippen molar-refractivity contribution in [3.05, 3.63) is 54.1 Å². The molecule has 200 valence electrons. The number of para-hydroxylation sites is 1. The minimum atomic E-state index is -1.04. The molecule has 5 aliphatic rings. The molecule has 9 atom stereocenters. The molecule has 0 radical (unpaired) electrons. The zero-order valence-corrected chi connectivity index (χ0v) is 21.8. The van der Waals surface area contributed by atoms with Gasteiger partial charge in [0.05, 0.1) is 19.3 Å². The van der Waals surface area contributed by atoms with Gasteiger partial charge in [-0.2, -0.15) is 5.06 Å². The van der Waals surface area contributed by atoms with Crippen LogP contribution in [0.1, 0.15) is 39.5 Å². The average molecular weight is 510 g/mol. The number of benzene rings is 1. The molecule has 1 aromatic rings. The highest BCUT2D eigenvalue weighted by Gasteiger charge is 2.74. The number of allylic oxidation sites excluding steroid dienone is 4. The van der Waals surface area contributed by atoms with Crippen LogP contribution in [0.4, 0.5) is 0 Å². The Hall–Kier alpha value is -2.03. The summed E-state index contributed by atoms with van der Waals surface area (Å²) < 4.78 is 5.89. The summed E-state index contributed by atoms with van der Waals surface area (Å²) in [7, 11) is 0. The van der Waals surface area contributed by atoms with Crippen LogP contribution in [0.2, 0.25) is 0 Å². The molecule has 7 nitrogen and oxygen atoms in total. The fourth-order valence-electron chi connectivity index (χ4n) is 9.16. The minimum absolute atomic E-state index is 0.0208. The molecule has 0 amide bonds. The van der Waals surface area contributed by atoms with Crippen molar-refractivity contribution >= 4 is 5.78 Å². The van der Waals surface area contributed by atoms with Crippen molar-refractivity contribution in [1.29, 1.82) is 0 Å². The Balaban J connectivity index is 1.26. The third kappa shape index (κ3) is 3.62. The van der Waals surface area contributed by atoms with E-state index in [0.717, 1.165) is 30.6 Å². The van der Waals surface area contributed by atoms with Gasteiger partial charge in [0, 0.05) is 29.2 Å². The SMILES string of the molecule is C[C@]12C=CC(=O)C=C1CC[C@@H]1[C@@H]2[C@@H](O)C[C@@]2(C)[C@H]1C[C@H]1CN(CCOc3ccccc3)O[C@]12C(O)CO. The predicted molar refractivity (Wildman–Crippen MR) is 137 cm³/mol. The molecule has 3 saturated carbocycles. The lowest BCUT2D eigenvalue weighted by Crippen LogP contribution is -2.64. The average Bonchev–Trinajstić information content (AvgIpc) is 3.36. The van der Waals surface area contributed by atoms with Crippen LogP contribution in [0.3, 0.4) is 0 Å². The van der Waals surface area contributed by atoms with Crippen LogP contribution in [0.5, 0.6) is 5.75 Å². The Kier molecular flexibility index (Phi) is 6.16. The van der Waals surface area contributed by atoms with Gasteiger partial charge in [0.1, 0.15) is 24.1 Å². The van der Waals surface area contributed by atoms with Gasteiger partial charge >= 0.3 is 0 Å². The van der Waals surface area contributed by atoms with E-state index in [1.165, 1.54) is 0 Å². The van der Waals surface area contributed by atoms with Crippen molar-refractivity contribution in [3.8, 4) is 5.75 Å². The van der Waals surface area contributed by atoms with Crippen molar-refractivity contribution in [1.82, 2.24) is 5.06 Å². The van der Waals surface area contributed by atoms with Gasteiger partial charge in [-0.15, -0.1) is 0 Å². The summed E-state index contributed by atoms with van der Waals surface area (Å²) in [6, 6.07) is 9.67. The van der Waals surface area contributed by atoms with Gasteiger partial charge < -0.3 is 20.1 Å². The van der Waals surface area contributed by atoms with Crippen LogP contribution in [-0.2, 0) is 9.63 Å². The van der Waals surface area contributed by atoms with Crippen LogP contribution in [0.15, 0.2) is 54.1 Å². The van der Waals surface area contributed by atoms with Crippen molar-refractivity contribution in [2.75, 3.05) is 26.3 Å². The Morgan fingerprint density at radius 2 is 2.03 bits per heavy atom. The van der Waals surface area contributed by atoms with Gasteiger partial charge in [-0.3, -0.25) is 9.63 Å². The van der Waals surface area contributed by atoms with Gasteiger partial charge in [-0.25, -0.2) is 0 Å². The first-order valence-electron chi connectivity index (χ1n) is 13.8. The lowest BCUT2D eigenvalue weighted by Gasteiger charge is -2.60. The zero-order valence-electron chi connectivity index (χ0n) is 21.8. The molecule has 0 spiro atoms. The van der Waals surface area contributed by atoms with Gasteiger partial charge in [-0.1, -0.05) is 43.7 Å². The largest absolute Gasteiger partial charge is 0.492 e. The molecule has 1 aliphatic heterocycles. The number of aliphatic hydroxyl groups excluding tert-OH is 3. The van der Waals surface area contributed by atoms with Crippen molar-refractivity contribution in [2.24, 2.45) is 34.5 Å². The van der Waals surface area contributed by atoms with Crippen molar-refractivity contribution in [3.63, 3.8) is 0 Å². The quantitative estimate of drug-likeness (QED) is 0.542. The molecule has 0 bridgehead atoms. The maximum absolute atomic E-state index is 12.1. The van der Waals surface area contributed by atoms with Crippen molar-refractivity contribution in [2.45, 2.75) is 57.3 Å². The number of ketones is 1. The Bertz CT molecular complexity index is 1100. The first kappa shape index (κ1) is 25.3. The number of ether oxygens (including phenoxy) is 1. The van der Waals surface area contributed by atoms with E-state index in [-0.39, 0.29) is 41.5 Å². The van der Waals surface area contributed by atoms with E-state index in [9.17, 15) is 20.1 Å². The third-order valence-electron chi connectivity index (χ3n) is 10.6. The Labute approximate surface area is 218 Å². The second-order valence-corrected chi connectivity index (χ2v) is 12.3. The van der Waals surface area contributed by atoms with E-state index in [1.54, 1.807) is 12.2 Å². The third-order valence-corrected chi connectivity index (χ3v) is 10.6. The molecule has 3 N–H and O–H groups in total. The molecule has 7 heteroatoms. The number of hydrogen-bond donors (Lipinski definition) is 3. The van der Waals surface area contributed by atoms with E-state index >= 15 is 0 Å². The summed E-state index contributed by atoms with van der Waals surface area (Å²) in [4.78, 5) is 18.8. The van der Waals surface area contributed by atoms with Crippen molar-refractivity contribution < 1.29 is 29.7 Å². The lowest BCUT2D eigenvalue weighted by atomic mass is 9.46. The summed E-state index contributed by atoms with van der Waals surface area (Å²) in [5.41, 5.74) is -0.658. The highest BCUT2D eigenvalue weighted by Crippen LogP contribution is 2.71. The second-order valence-electron chi connectivity index (χ2n) is 12.3. The molecule has 1 saturated heterocycles. The van der Waals surface area contributed by atoms with Gasteiger partial charge in [0.2, 0.25) is 0 Å². The van der Waals surface area contributed by atoms with E-state index in [2.05, 4.69) is 13.8 Å². The molecule has 1 heterocycles. The second kappa shape index (κ2) is 9.02. The topological polar surface area (TPSA) is 99.5 Å². The fourth-order valence-corrected chi connectivity index (χ4v) is 9.16. The van der Waals surface area contributed by atoms with E-state index in [4.69, 9.17) is 9.57 Å². The number of nitrogens with zero attached hydrogens (tertiary/aromatic N) is 1. The molecule has 0 aromatic heterocycles. The standard InChI is InChI=1S/C30H39NO6/c1-28-11-10-21(33)14-19(28)8-9-23-24-15-20-17-31(12-13-36-22-6-4-3-5-7-22)37-30(20,26(35)18-32)29(24,2)16-25(34)27(23)28/h3-7,10-11,14,20,23-27,32,34-35H,8-9,12-13,15-18H2,1-2H3/t20-,23-,24-,25-,26?,27+,28-,29-,30-/m0/s1. The van der Waals surface area contributed by atoms with Crippen LogP contribution in [0, 0.1) is 34.5 Å². The monoisotopic (exact) mass is 509 g/mol. The zero-order chi connectivity index (χ0) is 26.0. The molecular formula is C30H39NO6. The number of fused-ring (bicyclic) bond motifs is 7. The molecule has 4 fully saturated rings. The fraction of sp³-hybridized carbons (Fsp3) is 0.633. The lowest BCUT2D eigenvalue weighted by molar-refractivity contribution is -0.291. The molecule has 37 heavy (non-hydrogen) atoms. The van der Waals surface area contributed by atoms with Crippen LogP contribution in [0.25, 0.3) is 0 Å². The maximum Gasteiger partial charge on any atom is 0.178 e. The van der Waals surface area contributed by atoms with Gasteiger partial charge in [-0.05, 0) is 61.8 Å². The van der Waals surface area contributed by atoms with Crippen LogP contribution in [-0.4, -0.2) is 70.3 Å². The number of carbonyl (C=O) groups excluding carboxylic acids is 1. The number of aliphatic hydroxyl groups is 3. The van der Waals surface area contributed by atoms with Crippen LogP contribution < -0.4 is 4.74 Å². The first-order valence-corrected chi connectivity index (χ1v) is 13.8. The molecular weight excluding hydrogens is 470 g/mol.